The van der Waals surface area contributed by atoms with Crippen LogP contribution in [0.2, 0.25) is 0 Å². The Bertz CT molecular complexity index is 716. The van der Waals surface area contributed by atoms with Crippen LogP contribution in [0.15, 0.2) is 37.3 Å². The second-order valence-corrected chi connectivity index (χ2v) is 4.93. The average molecular weight is 299 g/mol. The van der Waals surface area contributed by atoms with Crippen molar-refractivity contribution < 1.29 is 4.79 Å². The first-order valence-corrected chi connectivity index (χ1v) is 7.17. The van der Waals surface area contributed by atoms with Crippen LogP contribution in [0.4, 0.5) is 0 Å². The lowest BCUT2D eigenvalue weighted by molar-refractivity contribution is -0.122. The minimum atomic E-state index is -0.120. The van der Waals surface area contributed by atoms with Crippen LogP contribution in [-0.2, 0) is 11.3 Å². The number of carbonyl (C=O) groups excluding carboxylic acids is 1. The molecule has 1 N–H and O–H groups in total. The van der Waals surface area contributed by atoms with Crippen LogP contribution in [0.3, 0.4) is 0 Å². The lowest BCUT2D eigenvalue weighted by Gasteiger charge is -2.14. The summed E-state index contributed by atoms with van der Waals surface area (Å²) in [6.45, 7) is 2.52. The van der Waals surface area contributed by atoms with E-state index in [1.54, 1.807) is 17.2 Å². The Morgan fingerprint density at radius 3 is 3.09 bits per heavy atom. The van der Waals surface area contributed by atoms with Crippen molar-refractivity contribution in [2.75, 3.05) is 0 Å². The molecule has 22 heavy (non-hydrogen) atoms. The van der Waals surface area contributed by atoms with E-state index >= 15 is 0 Å². The fourth-order valence-electron chi connectivity index (χ4n) is 2.23. The van der Waals surface area contributed by atoms with Gasteiger partial charge in [0.15, 0.2) is 0 Å². The van der Waals surface area contributed by atoms with Gasteiger partial charge in [-0.1, -0.05) is 6.92 Å². The summed E-state index contributed by atoms with van der Waals surface area (Å²) in [5.41, 5.74) is 0.815. The summed E-state index contributed by atoms with van der Waals surface area (Å²) in [5, 5.41) is 6.98. The second-order valence-electron chi connectivity index (χ2n) is 4.93. The lowest BCUT2D eigenvalue weighted by atomic mass is 10.1. The van der Waals surface area contributed by atoms with E-state index in [1.165, 1.54) is 6.33 Å². The Labute approximate surface area is 127 Å². The summed E-state index contributed by atoms with van der Waals surface area (Å²) in [5.74, 6) is 0.597. The second kappa shape index (κ2) is 6.33. The van der Waals surface area contributed by atoms with E-state index in [4.69, 9.17) is 0 Å². The van der Waals surface area contributed by atoms with Crippen LogP contribution in [0.5, 0.6) is 0 Å². The minimum Gasteiger partial charge on any atom is -0.348 e. The first-order chi connectivity index (χ1) is 10.8. The van der Waals surface area contributed by atoms with Crippen molar-refractivity contribution in [3.05, 3.63) is 43.0 Å². The molecule has 3 aromatic rings. The Balaban J connectivity index is 1.64. The Kier molecular flexibility index (Phi) is 4.08. The molecule has 1 amide bonds. The molecule has 0 saturated heterocycles. The molecule has 114 valence electrons. The maximum atomic E-state index is 12.1. The van der Waals surface area contributed by atoms with Crippen LogP contribution in [-0.4, -0.2) is 35.0 Å². The number of aryl methyl sites for hydroxylation is 1. The van der Waals surface area contributed by atoms with Crippen molar-refractivity contribution in [3.8, 4) is 0 Å². The molecule has 0 spiro atoms. The highest BCUT2D eigenvalue weighted by molar-refractivity contribution is 5.76. The molecule has 0 bridgehead atoms. The molecule has 3 rings (SSSR count). The number of fused-ring (bicyclic) bond motifs is 1. The zero-order valence-electron chi connectivity index (χ0n) is 12.3. The fraction of sp³-hybridized carbons (Fsp3) is 0.357. The Morgan fingerprint density at radius 1 is 1.45 bits per heavy atom. The number of nitrogens with one attached hydrogen (secondary N) is 1. The van der Waals surface area contributed by atoms with E-state index in [-0.39, 0.29) is 11.9 Å². The predicted octanol–water partition coefficient (Wildman–Crippen LogP) is 0.978. The number of hydrogen-bond acceptors (Lipinski definition) is 5. The largest absolute Gasteiger partial charge is 0.348 e. The van der Waals surface area contributed by atoms with Crippen molar-refractivity contribution in [1.29, 1.82) is 0 Å². The summed E-state index contributed by atoms with van der Waals surface area (Å²) < 4.78 is 3.48. The van der Waals surface area contributed by atoms with E-state index in [1.807, 2.05) is 29.8 Å². The van der Waals surface area contributed by atoms with Gasteiger partial charge < -0.3 is 5.32 Å². The zero-order chi connectivity index (χ0) is 15.4. The molecular weight excluding hydrogens is 282 g/mol. The first-order valence-electron chi connectivity index (χ1n) is 7.17. The van der Waals surface area contributed by atoms with E-state index in [2.05, 4.69) is 25.4 Å². The van der Waals surface area contributed by atoms with Crippen LogP contribution in [0.25, 0.3) is 5.78 Å². The highest BCUT2D eigenvalue weighted by Crippen LogP contribution is 2.16. The normalized spacial score (nSPS) is 12.4. The topological polar surface area (TPSA) is 90.0 Å². The fourth-order valence-corrected chi connectivity index (χ4v) is 2.23. The molecule has 0 unspecified atom stereocenters. The third kappa shape index (κ3) is 3.11. The van der Waals surface area contributed by atoms with Crippen LogP contribution < -0.4 is 5.32 Å². The molecule has 0 aliphatic heterocycles. The lowest BCUT2D eigenvalue weighted by Crippen LogP contribution is -2.29. The van der Waals surface area contributed by atoms with Crippen molar-refractivity contribution in [2.24, 2.45) is 0 Å². The monoisotopic (exact) mass is 299 g/mol. The third-order valence-corrected chi connectivity index (χ3v) is 3.39. The van der Waals surface area contributed by atoms with Gasteiger partial charge in [0.2, 0.25) is 11.7 Å². The van der Waals surface area contributed by atoms with E-state index in [0.717, 1.165) is 12.1 Å². The summed E-state index contributed by atoms with van der Waals surface area (Å²) in [7, 11) is 0. The Morgan fingerprint density at radius 2 is 2.36 bits per heavy atom. The highest BCUT2D eigenvalue weighted by Gasteiger charge is 2.16. The predicted molar refractivity (Wildman–Crippen MR) is 78.8 cm³/mol. The quantitative estimate of drug-likeness (QED) is 0.732. The molecule has 0 aliphatic rings. The number of nitrogens with zero attached hydrogens (tertiary/aromatic N) is 6. The number of amides is 1. The van der Waals surface area contributed by atoms with Gasteiger partial charge in [-0.05, 0) is 12.5 Å². The maximum absolute atomic E-state index is 12.1. The molecule has 8 heteroatoms. The summed E-state index contributed by atoms with van der Waals surface area (Å²) in [6, 6.07) is 1.72. The molecule has 0 radical (unpaired) electrons. The van der Waals surface area contributed by atoms with E-state index < -0.39 is 0 Å². The van der Waals surface area contributed by atoms with Crippen LogP contribution in [0, 0.1) is 0 Å². The SMILES string of the molecule is CC[C@@H](NC(=O)CCn1cncn1)c1cn2cccnc2n1. The van der Waals surface area contributed by atoms with Gasteiger partial charge in [-0.2, -0.15) is 5.10 Å². The molecule has 1 atom stereocenters. The summed E-state index contributed by atoms with van der Waals surface area (Å²) >= 11 is 0. The van der Waals surface area contributed by atoms with Crippen LogP contribution >= 0.6 is 0 Å². The molecule has 0 fully saturated rings. The van der Waals surface area contributed by atoms with Gasteiger partial charge >= 0.3 is 0 Å². The summed E-state index contributed by atoms with van der Waals surface area (Å²) in [6.07, 6.45) is 9.65. The van der Waals surface area contributed by atoms with Gasteiger partial charge in [0.25, 0.3) is 0 Å². The first kappa shape index (κ1) is 14.2. The van der Waals surface area contributed by atoms with Crippen LogP contribution in [0.1, 0.15) is 31.5 Å². The van der Waals surface area contributed by atoms with E-state index in [0.29, 0.717) is 18.7 Å². The number of aromatic nitrogens is 6. The van der Waals surface area contributed by atoms with Gasteiger partial charge in [-0.25, -0.2) is 15.0 Å². The molecule has 0 saturated carbocycles. The number of hydrogen-bond donors (Lipinski definition) is 1. The number of carbonyl (C=O) groups is 1. The highest BCUT2D eigenvalue weighted by atomic mass is 16.1. The molecule has 0 aliphatic carbocycles. The van der Waals surface area contributed by atoms with Gasteiger partial charge in [0, 0.05) is 25.0 Å². The third-order valence-electron chi connectivity index (χ3n) is 3.39. The number of imidazole rings is 1. The molecule has 3 aromatic heterocycles. The molecule has 8 nitrogen and oxygen atoms in total. The summed E-state index contributed by atoms with van der Waals surface area (Å²) in [4.78, 5) is 24.6. The van der Waals surface area contributed by atoms with Crippen molar-refractivity contribution >= 4 is 11.7 Å². The molecule has 3 heterocycles. The van der Waals surface area contributed by atoms with Gasteiger partial charge in [0.1, 0.15) is 12.7 Å². The van der Waals surface area contributed by atoms with E-state index in [9.17, 15) is 4.79 Å². The van der Waals surface area contributed by atoms with Gasteiger partial charge in [-0.3, -0.25) is 13.9 Å². The molecular formula is C14H17N7O. The smallest absolute Gasteiger partial charge is 0.233 e. The zero-order valence-corrected chi connectivity index (χ0v) is 12.3. The van der Waals surface area contributed by atoms with Gasteiger partial charge in [-0.15, -0.1) is 0 Å². The Hall–Kier alpha value is -2.77. The average Bonchev–Trinajstić information content (AvgIpc) is 3.19. The standard InChI is InChI=1S/C14H17N7O/c1-2-11(12-8-20-6-3-5-16-14(20)19-12)18-13(22)4-7-21-10-15-9-17-21/h3,5-6,8-11H,2,4,7H2,1H3,(H,18,22)/t11-/m1/s1. The maximum Gasteiger partial charge on any atom is 0.233 e. The molecule has 0 aromatic carbocycles. The number of rotatable bonds is 6. The van der Waals surface area contributed by atoms with Crippen molar-refractivity contribution in [3.63, 3.8) is 0 Å². The van der Waals surface area contributed by atoms with Crippen molar-refractivity contribution in [2.45, 2.75) is 32.4 Å². The van der Waals surface area contributed by atoms with Gasteiger partial charge in [0.05, 0.1) is 18.3 Å². The van der Waals surface area contributed by atoms with Crippen molar-refractivity contribution in [1.82, 2.24) is 34.4 Å². The minimum absolute atomic E-state index is 0.0348.